The third kappa shape index (κ3) is 6.54. The predicted molar refractivity (Wildman–Crippen MR) is 107 cm³/mol. The number of anilines is 1. The van der Waals surface area contributed by atoms with Crippen molar-refractivity contribution in [2.75, 3.05) is 12.4 Å². The fourth-order valence-electron chi connectivity index (χ4n) is 2.72. The van der Waals surface area contributed by atoms with Gasteiger partial charge in [0.15, 0.2) is 5.78 Å². The Bertz CT molecular complexity index is 812. The van der Waals surface area contributed by atoms with Crippen LogP contribution in [0.4, 0.5) is 5.69 Å². The fourth-order valence-corrected chi connectivity index (χ4v) is 2.72. The van der Waals surface area contributed by atoms with E-state index in [-0.39, 0.29) is 18.1 Å². The van der Waals surface area contributed by atoms with Gasteiger partial charge in [0.25, 0.3) is 0 Å². The van der Waals surface area contributed by atoms with E-state index in [9.17, 15) is 14.4 Å². The first-order valence-electron chi connectivity index (χ1n) is 9.18. The molecular weight excluding hydrogens is 358 g/mol. The van der Waals surface area contributed by atoms with E-state index >= 15 is 0 Å². The Kier molecular flexibility index (Phi) is 7.75. The quantitative estimate of drug-likeness (QED) is 0.606. The maximum Gasteiger partial charge on any atom is 0.306 e. The van der Waals surface area contributed by atoms with Crippen LogP contribution in [0.25, 0.3) is 0 Å². The summed E-state index contributed by atoms with van der Waals surface area (Å²) < 4.78 is 5.06. The molecule has 2 aromatic carbocycles. The molecule has 6 heteroatoms. The lowest BCUT2D eigenvalue weighted by Gasteiger charge is -2.08. The lowest BCUT2D eigenvalue weighted by atomic mass is 10.0. The summed E-state index contributed by atoms with van der Waals surface area (Å²) in [7, 11) is 1.57. The maximum absolute atomic E-state index is 12.1. The number of carbonyl (C=O) groups excluding carboxylic acids is 2. The lowest BCUT2D eigenvalue weighted by molar-refractivity contribution is -0.141. The number of hydrogen-bond acceptors (Lipinski definition) is 4. The van der Waals surface area contributed by atoms with Gasteiger partial charge in [-0.2, -0.15) is 0 Å². The van der Waals surface area contributed by atoms with E-state index < -0.39 is 11.9 Å². The van der Waals surface area contributed by atoms with Gasteiger partial charge in [0, 0.05) is 24.1 Å². The Labute approximate surface area is 164 Å². The first-order valence-corrected chi connectivity index (χ1v) is 9.18. The van der Waals surface area contributed by atoms with Crippen molar-refractivity contribution in [3.8, 4) is 5.75 Å². The minimum Gasteiger partial charge on any atom is -0.497 e. The van der Waals surface area contributed by atoms with Gasteiger partial charge in [-0.25, -0.2) is 0 Å². The third-order valence-corrected chi connectivity index (χ3v) is 4.42. The van der Waals surface area contributed by atoms with Crippen molar-refractivity contribution in [3.05, 3.63) is 59.7 Å². The van der Waals surface area contributed by atoms with E-state index in [1.807, 2.05) is 12.1 Å². The number of aliphatic carboxylic acids is 1. The molecule has 2 N–H and O–H groups in total. The van der Waals surface area contributed by atoms with Crippen LogP contribution in [0.5, 0.6) is 5.75 Å². The van der Waals surface area contributed by atoms with Crippen molar-refractivity contribution in [3.63, 3.8) is 0 Å². The van der Waals surface area contributed by atoms with Crippen LogP contribution in [0.2, 0.25) is 0 Å². The molecule has 0 radical (unpaired) electrons. The third-order valence-electron chi connectivity index (χ3n) is 4.42. The molecule has 148 valence electrons. The molecule has 0 bridgehead atoms. The molecule has 0 saturated heterocycles. The summed E-state index contributed by atoms with van der Waals surface area (Å²) in [5.74, 6) is -0.758. The van der Waals surface area contributed by atoms with Crippen molar-refractivity contribution >= 4 is 23.3 Å². The number of ether oxygens (including phenoxy) is 1. The number of methoxy groups -OCH3 is 1. The molecule has 0 heterocycles. The highest BCUT2D eigenvalue weighted by molar-refractivity contribution is 5.96. The zero-order chi connectivity index (χ0) is 20.5. The van der Waals surface area contributed by atoms with Gasteiger partial charge in [-0.3, -0.25) is 14.4 Å². The van der Waals surface area contributed by atoms with Gasteiger partial charge in [0.05, 0.1) is 13.0 Å². The fraction of sp³-hybridized carbons (Fsp3) is 0.318. The lowest BCUT2D eigenvalue weighted by Crippen LogP contribution is -2.13. The minimum absolute atomic E-state index is 0.00708. The summed E-state index contributed by atoms with van der Waals surface area (Å²) in [4.78, 5) is 35.1. The molecule has 6 nitrogen and oxygen atoms in total. The van der Waals surface area contributed by atoms with Gasteiger partial charge in [-0.05, 0) is 54.8 Å². The van der Waals surface area contributed by atoms with Crippen molar-refractivity contribution in [2.45, 2.75) is 32.6 Å². The Morgan fingerprint density at radius 1 is 1.00 bits per heavy atom. The number of Topliss-reactive ketones (excluding diaryl/α,β-unsaturated/α-hetero) is 1. The molecule has 1 atom stereocenters. The topological polar surface area (TPSA) is 92.7 Å². The number of carboxylic acid groups (broad SMARTS) is 1. The van der Waals surface area contributed by atoms with E-state index in [1.165, 1.54) is 0 Å². The van der Waals surface area contributed by atoms with Gasteiger partial charge in [-0.1, -0.05) is 19.1 Å². The largest absolute Gasteiger partial charge is 0.497 e. The first-order chi connectivity index (χ1) is 13.4. The average Bonchev–Trinajstić information content (AvgIpc) is 2.69. The zero-order valence-electron chi connectivity index (χ0n) is 16.1. The summed E-state index contributed by atoms with van der Waals surface area (Å²) >= 11 is 0. The summed E-state index contributed by atoms with van der Waals surface area (Å²) in [6.07, 6.45) is 1.45. The number of ketones is 1. The molecule has 1 unspecified atom stereocenters. The second kappa shape index (κ2) is 10.3. The van der Waals surface area contributed by atoms with Gasteiger partial charge in [0.2, 0.25) is 5.91 Å². The Morgan fingerprint density at radius 2 is 1.64 bits per heavy atom. The number of benzene rings is 2. The minimum atomic E-state index is -0.832. The van der Waals surface area contributed by atoms with Crippen molar-refractivity contribution in [1.82, 2.24) is 0 Å². The molecule has 2 rings (SSSR count). The van der Waals surface area contributed by atoms with Crippen molar-refractivity contribution in [1.29, 1.82) is 0 Å². The van der Waals surface area contributed by atoms with Crippen LogP contribution in [0.1, 0.15) is 42.1 Å². The molecule has 0 aromatic heterocycles. The van der Waals surface area contributed by atoms with Crippen LogP contribution >= 0.6 is 0 Å². The molecule has 1 amide bonds. The van der Waals surface area contributed by atoms with Crippen LogP contribution in [-0.4, -0.2) is 29.9 Å². The summed E-state index contributed by atoms with van der Waals surface area (Å²) in [6, 6.07) is 14.0. The number of amides is 1. The Hall–Kier alpha value is -3.15. The smallest absolute Gasteiger partial charge is 0.306 e. The highest BCUT2D eigenvalue weighted by Gasteiger charge is 2.12. The van der Waals surface area contributed by atoms with Crippen molar-refractivity contribution in [2.24, 2.45) is 5.92 Å². The van der Waals surface area contributed by atoms with E-state index in [0.29, 0.717) is 36.3 Å². The molecule has 0 fully saturated rings. The monoisotopic (exact) mass is 383 g/mol. The zero-order valence-corrected chi connectivity index (χ0v) is 16.1. The molecule has 0 aliphatic rings. The number of nitrogens with one attached hydrogen (secondary N) is 1. The number of carboxylic acids is 1. The van der Waals surface area contributed by atoms with Crippen LogP contribution in [0.15, 0.2) is 48.5 Å². The molecule has 0 saturated carbocycles. The summed E-state index contributed by atoms with van der Waals surface area (Å²) in [5, 5.41) is 11.7. The summed E-state index contributed by atoms with van der Waals surface area (Å²) in [5.41, 5.74) is 2.16. The van der Waals surface area contributed by atoms with Gasteiger partial charge < -0.3 is 15.2 Å². The van der Waals surface area contributed by atoms with E-state index in [0.717, 1.165) is 5.56 Å². The van der Waals surface area contributed by atoms with Gasteiger partial charge in [0.1, 0.15) is 5.75 Å². The second-order valence-electron chi connectivity index (χ2n) is 6.69. The molecule has 0 aliphatic heterocycles. The summed E-state index contributed by atoms with van der Waals surface area (Å²) in [6.45, 7) is 1.66. The number of carbonyl (C=O) groups is 3. The Balaban J connectivity index is 1.75. The molecule has 28 heavy (non-hydrogen) atoms. The van der Waals surface area contributed by atoms with E-state index in [1.54, 1.807) is 50.4 Å². The molecule has 2 aromatic rings. The molecule has 0 spiro atoms. The maximum atomic E-state index is 12.1. The highest BCUT2D eigenvalue weighted by Crippen LogP contribution is 2.16. The first kappa shape index (κ1) is 21.2. The molecule has 0 aliphatic carbocycles. The standard InChI is InChI=1S/C22H25NO5/c1-15(22(26)27)14-16-6-10-18(11-7-16)23-21(25)5-3-4-20(24)17-8-12-19(28-2)13-9-17/h6-13,15H,3-5,14H2,1-2H3,(H,23,25)(H,26,27). The van der Waals surface area contributed by atoms with Crippen LogP contribution in [-0.2, 0) is 16.0 Å². The number of rotatable bonds is 10. The van der Waals surface area contributed by atoms with Gasteiger partial charge in [-0.15, -0.1) is 0 Å². The van der Waals surface area contributed by atoms with Gasteiger partial charge >= 0.3 is 5.97 Å². The predicted octanol–water partition coefficient (Wildman–Crippen LogP) is 3.95. The van der Waals surface area contributed by atoms with E-state index in [2.05, 4.69) is 5.32 Å². The number of hydrogen-bond donors (Lipinski definition) is 2. The Morgan fingerprint density at radius 3 is 2.21 bits per heavy atom. The normalized spacial score (nSPS) is 11.5. The SMILES string of the molecule is COc1ccc(C(=O)CCCC(=O)Nc2ccc(CC(C)C(=O)O)cc2)cc1. The van der Waals surface area contributed by atoms with Crippen LogP contribution in [0.3, 0.4) is 0 Å². The molecular formula is C22H25NO5. The average molecular weight is 383 g/mol. The second-order valence-corrected chi connectivity index (χ2v) is 6.69. The van der Waals surface area contributed by atoms with Crippen LogP contribution in [0, 0.1) is 5.92 Å². The van der Waals surface area contributed by atoms with Crippen LogP contribution < -0.4 is 10.1 Å². The van der Waals surface area contributed by atoms with E-state index in [4.69, 9.17) is 9.84 Å². The van der Waals surface area contributed by atoms with Crippen molar-refractivity contribution < 1.29 is 24.2 Å². The highest BCUT2D eigenvalue weighted by atomic mass is 16.5.